The molecule has 1 aromatic carbocycles. The lowest BCUT2D eigenvalue weighted by Gasteiger charge is -2.15. The Bertz CT molecular complexity index is 895. The third-order valence-electron chi connectivity index (χ3n) is 3.90. The molecule has 1 N–H and O–H groups in total. The van der Waals surface area contributed by atoms with Crippen LogP contribution < -0.4 is 9.62 Å². The predicted molar refractivity (Wildman–Crippen MR) is 92.3 cm³/mol. The summed E-state index contributed by atoms with van der Waals surface area (Å²) in [4.78, 5) is 28.2. The average molecular weight is 359 g/mol. The Morgan fingerprint density at radius 3 is 2.56 bits per heavy atom. The minimum Gasteiger partial charge on any atom is -0.348 e. The zero-order chi connectivity index (χ0) is 18.0. The third kappa shape index (κ3) is 3.53. The number of benzene rings is 1. The summed E-state index contributed by atoms with van der Waals surface area (Å²) < 4.78 is 25.0. The number of amides is 2. The van der Waals surface area contributed by atoms with E-state index < -0.39 is 21.8 Å². The highest BCUT2D eigenvalue weighted by atomic mass is 32.2. The number of rotatable bonds is 4. The number of hydrogen-bond donors (Lipinski definition) is 1. The minimum absolute atomic E-state index is 0.195. The van der Waals surface area contributed by atoms with Gasteiger partial charge in [0.05, 0.1) is 17.4 Å². The van der Waals surface area contributed by atoms with Crippen molar-refractivity contribution in [1.29, 1.82) is 0 Å². The molecular weight excluding hydrogens is 342 g/mol. The SMILES string of the molecule is CC1CS(=O)(=O)N(c2ccc(C(=O)NCc3cccnc3)cc2)C1=O. The van der Waals surface area contributed by atoms with Gasteiger partial charge in [-0.15, -0.1) is 0 Å². The summed E-state index contributed by atoms with van der Waals surface area (Å²) in [6.07, 6.45) is 3.31. The monoisotopic (exact) mass is 359 g/mol. The van der Waals surface area contributed by atoms with Crippen molar-refractivity contribution in [2.75, 3.05) is 10.1 Å². The number of nitrogens with zero attached hydrogens (tertiary/aromatic N) is 2. The van der Waals surface area contributed by atoms with E-state index in [-0.39, 0.29) is 17.3 Å². The van der Waals surface area contributed by atoms with Gasteiger partial charge in [0.1, 0.15) is 0 Å². The van der Waals surface area contributed by atoms with Gasteiger partial charge in [0, 0.05) is 24.5 Å². The van der Waals surface area contributed by atoms with Gasteiger partial charge in [-0.05, 0) is 35.9 Å². The van der Waals surface area contributed by atoms with E-state index >= 15 is 0 Å². The van der Waals surface area contributed by atoms with Crippen LogP contribution in [-0.4, -0.2) is 31.0 Å². The van der Waals surface area contributed by atoms with E-state index in [1.807, 2.05) is 6.07 Å². The molecule has 2 amide bonds. The molecule has 8 heteroatoms. The molecule has 0 bridgehead atoms. The Morgan fingerprint density at radius 1 is 1.28 bits per heavy atom. The molecule has 1 fully saturated rings. The van der Waals surface area contributed by atoms with Gasteiger partial charge in [-0.1, -0.05) is 13.0 Å². The molecule has 25 heavy (non-hydrogen) atoms. The highest BCUT2D eigenvalue weighted by Crippen LogP contribution is 2.28. The second kappa shape index (κ2) is 6.64. The lowest BCUT2D eigenvalue weighted by molar-refractivity contribution is -0.119. The zero-order valence-electron chi connectivity index (χ0n) is 13.5. The maximum atomic E-state index is 12.2. The fourth-order valence-electron chi connectivity index (χ4n) is 2.62. The van der Waals surface area contributed by atoms with Gasteiger partial charge < -0.3 is 5.32 Å². The molecule has 1 aliphatic rings. The molecule has 1 saturated heterocycles. The molecule has 7 nitrogen and oxygen atoms in total. The lowest BCUT2D eigenvalue weighted by Crippen LogP contribution is -2.30. The summed E-state index contributed by atoms with van der Waals surface area (Å²) >= 11 is 0. The first-order chi connectivity index (χ1) is 11.9. The van der Waals surface area contributed by atoms with Crippen molar-refractivity contribution in [2.24, 2.45) is 5.92 Å². The van der Waals surface area contributed by atoms with E-state index in [1.165, 1.54) is 24.3 Å². The van der Waals surface area contributed by atoms with Crippen molar-refractivity contribution in [3.05, 3.63) is 59.9 Å². The third-order valence-corrected chi connectivity index (χ3v) is 5.77. The van der Waals surface area contributed by atoms with E-state index in [2.05, 4.69) is 10.3 Å². The Hall–Kier alpha value is -2.74. The lowest BCUT2D eigenvalue weighted by atomic mass is 10.1. The topological polar surface area (TPSA) is 96.4 Å². The number of sulfonamides is 1. The maximum Gasteiger partial charge on any atom is 0.251 e. The fourth-order valence-corrected chi connectivity index (χ4v) is 4.44. The number of carbonyl (C=O) groups is 2. The normalized spacial score (nSPS) is 19.0. The quantitative estimate of drug-likeness (QED) is 0.888. The van der Waals surface area contributed by atoms with Crippen molar-refractivity contribution in [3.63, 3.8) is 0 Å². The van der Waals surface area contributed by atoms with Crippen LogP contribution in [0, 0.1) is 5.92 Å². The van der Waals surface area contributed by atoms with Crippen molar-refractivity contribution in [2.45, 2.75) is 13.5 Å². The van der Waals surface area contributed by atoms with Crippen LogP contribution in [0.15, 0.2) is 48.8 Å². The molecule has 3 rings (SSSR count). The Balaban J connectivity index is 1.72. The zero-order valence-corrected chi connectivity index (χ0v) is 14.4. The Kier molecular flexibility index (Phi) is 4.54. The van der Waals surface area contributed by atoms with Crippen LogP contribution in [0.1, 0.15) is 22.8 Å². The van der Waals surface area contributed by atoms with Gasteiger partial charge in [-0.3, -0.25) is 14.6 Å². The molecule has 2 aromatic rings. The standard InChI is InChI=1S/C17H17N3O4S/c1-12-11-25(23,24)20(17(12)22)15-6-4-14(5-7-15)16(21)19-10-13-3-2-8-18-9-13/h2-9,12H,10-11H2,1H3,(H,19,21). The van der Waals surface area contributed by atoms with Crippen LogP contribution >= 0.6 is 0 Å². The Morgan fingerprint density at radius 2 is 2.00 bits per heavy atom. The summed E-state index contributed by atoms with van der Waals surface area (Å²) in [7, 11) is -3.64. The van der Waals surface area contributed by atoms with Crippen LogP contribution in [0.5, 0.6) is 0 Å². The molecular formula is C17H17N3O4S. The first-order valence-corrected chi connectivity index (χ1v) is 9.33. The minimum atomic E-state index is -3.64. The molecule has 130 valence electrons. The van der Waals surface area contributed by atoms with E-state index in [0.29, 0.717) is 12.1 Å². The molecule has 0 spiro atoms. The highest BCUT2D eigenvalue weighted by Gasteiger charge is 2.41. The van der Waals surface area contributed by atoms with E-state index in [9.17, 15) is 18.0 Å². The summed E-state index contributed by atoms with van der Waals surface area (Å²) in [6.45, 7) is 1.92. The van der Waals surface area contributed by atoms with Crippen molar-refractivity contribution >= 4 is 27.5 Å². The molecule has 1 aromatic heterocycles. The summed E-state index contributed by atoms with van der Waals surface area (Å²) in [6, 6.07) is 9.56. The molecule has 1 unspecified atom stereocenters. The largest absolute Gasteiger partial charge is 0.348 e. The molecule has 0 aliphatic carbocycles. The van der Waals surface area contributed by atoms with Crippen LogP contribution in [0.4, 0.5) is 5.69 Å². The molecule has 0 radical (unpaired) electrons. The summed E-state index contributed by atoms with van der Waals surface area (Å²) in [5.74, 6) is -1.50. The van der Waals surface area contributed by atoms with Gasteiger partial charge >= 0.3 is 0 Å². The van der Waals surface area contributed by atoms with E-state index in [4.69, 9.17) is 0 Å². The van der Waals surface area contributed by atoms with Crippen LogP contribution in [0.2, 0.25) is 0 Å². The van der Waals surface area contributed by atoms with E-state index in [1.54, 1.807) is 25.4 Å². The number of hydrogen-bond acceptors (Lipinski definition) is 5. The Labute approximate surface area is 145 Å². The second-order valence-electron chi connectivity index (χ2n) is 5.87. The number of anilines is 1. The van der Waals surface area contributed by atoms with E-state index in [0.717, 1.165) is 9.87 Å². The van der Waals surface area contributed by atoms with Crippen molar-refractivity contribution in [3.8, 4) is 0 Å². The number of aromatic nitrogens is 1. The average Bonchev–Trinajstić information content (AvgIpc) is 2.81. The number of carbonyl (C=O) groups excluding carboxylic acids is 2. The first-order valence-electron chi connectivity index (χ1n) is 7.72. The van der Waals surface area contributed by atoms with Crippen LogP contribution in [-0.2, 0) is 21.4 Å². The highest BCUT2D eigenvalue weighted by molar-refractivity contribution is 7.94. The smallest absolute Gasteiger partial charge is 0.251 e. The summed E-state index contributed by atoms with van der Waals surface area (Å²) in [5, 5.41) is 2.76. The maximum absolute atomic E-state index is 12.2. The van der Waals surface area contributed by atoms with Gasteiger partial charge in [-0.2, -0.15) is 0 Å². The number of pyridine rings is 1. The first kappa shape index (κ1) is 17.1. The van der Waals surface area contributed by atoms with Crippen LogP contribution in [0.25, 0.3) is 0 Å². The molecule has 1 aliphatic heterocycles. The van der Waals surface area contributed by atoms with Gasteiger partial charge in [-0.25, -0.2) is 12.7 Å². The van der Waals surface area contributed by atoms with Gasteiger partial charge in [0.2, 0.25) is 15.9 Å². The fraction of sp³-hybridized carbons (Fsp3) is 0.235. The van der Waals surface area contributed by atoms with Crippen molar-refractivity contribution in [1.82, 2.24) is 10.3 Å². The second-order valence-corrected chi connectivity index (χ2v) is 7.74. The molecule has 0 saturated carbocycles. The van der Waals surface area contributed by atoms with Crippen molar-refractivity contribution < 1.29 is 18.0 Å². The molecule has 2 heterocycles. The van der Waals surface area contributed by atoms with Gasteiger partial charge in [0.25, 0.3) is 5.91 Å². The summed E-state index contributed by atoms with van der Waals surface area (Å²) in [5.41, 5.74) is 1.50. The van der Waals surface area contributed by atoms with Crippen LogP contribution in [0.3, 0.4) is 0 Å². The number of nitrogens with one attached hydrogen (secondary N) is 1. The van der Waals surface area contributed by atoms with Gasteiger partial charge in [0.15, 0.2) is 0 Å². The molecule has 1 atom stereocenters. The predicted octanol–water partition coefficient (Wildman–Crippen LogP) is 1.32.